The highest BCUT2D eigenvalue weighted by Crippen LogP contribution is 2.43. The third-order valence-corrected chi connectivity index (χ3v) is 7.32. The number of pyridine rings is 1. The molecule has 3 aromatic rings. The minimum atomic E-state index is -0.873. The van der Waals surface area contributed by atoms with Crippen LogP contribution < -0.4 is 4.90 Å². The number of fused-ring (bicyclic) bond motifs is 1. The molecule has 1 amide bonds. The van der Waals surface area contributed by atoms with Gasteiger partial charge in [0.1, 0.15) is 11.6 Å². The van der Waals surface area contributed by atoms with E-state index in [1.807, 2.05) is 23.7 Å². The van der Waals surface area contributed by atoms with Crippen molar-refractivity contribution in [1.29, 1.82) is 0 Å². The summed E-state index contributed by atoms with van der Waals surface area (Å²) in [4.78, 5) is 24.4. The van der Waals surface area contributed by atoms with Gasteiger partial charge in [-0.3, -0.25) is 0 Å². The molecule has 5 rings (SSSR count). The molecule has 1 N–H and O–H groups in total. The van der Waals surface area contributed by atoms with Crippen molar-refractivity contribution in [1.82, 2.24) is 14.9 Å². The maximum absolute atomic E-state index is 13.1. The number of carboxylic acid groups (broad SMARTS) is 1. The first-order chi connectivity index (χ1) is 15.5. The Kier molecular flexibility index (Phi) is 5.78. The summed E-state index contributed by atoms with van der Waals surface area (Å²) in [5.74, 6) is 2.28. The largest absolute Gasteiger partial charge is 0.465 e. The number of nitrogens with zero attached hydrogens (tertiary/aromatic N) is 4. The molecule has 1 aliphatic heterocycles. The van der Waals surface area contributed by atoms with Gasteiger partial charge in [-0.2, -0.15) is 0 Å². The highest BCUT2D eigenvalue weighted by atomic mass is 32.1. The molecule has 6 nitrogen and oxygen atoms in total. The van der Waals surface area contributed by atoms with E-state index in [1.165, 1.54) is 28.4 Å². The smallest absolute Gasteiger partial charge is 0.407 e. The van der Waals surface area contributed by atoms with Gasteiger partial charge in [0.25, 0.3) is 0 Å². The van der Waals surface area contributed by atoms with Crippen LogP contribution in [-0.4, -0.2) is 45.7 Å². The second-order valence-corrected chi connectivity index (χ2v) is 9.54. The molecule has 32 heavy (non-hydrogen) atoms. The summed E-state index contributed by atoms with van der Waals surface area (Å²) in [5, 5.41) is 11.5. The van der Waals surface area contributed by atoms with Crippen molar-refractivity contribution in [2.24, 2.45) is 17.8 Å². The fraction of sp³-hybridized carbons (Fsp3) is 0.375. The molecule has 1 unspecified atom stereocenters. The molecule has 2 fully saturated rings. The van der Waals surface area contributed by atoms with Crippen LogP contribution >= 0.6 is 11.3 Å². The minimum Gasteiger partial charge on any atom is -0.465 e. The van der Waals surface area contributed by atoms with Crippen molar-refractivity contribution >= 4 is 23.2 Å². The number of hydrogen-bond acceptors (Lipinski definition) is 5. The van der Waals surface area contributed by atoms with Crippen molar-refractivity contribution in [3.05, 3.63) is 65.0 Å². The Balaban J connectivity index is 1.17. The van der Waals surface area contributed by atoms with Crippen LogP contribution in [-0.2, 0) is 6.54 Å². The Morgan fingerprint density at radius 3 is 2.41 bits per heavy atom. The molecule has 0 spiro atoms. The van der Waals surface area contributed by atoms with Crippen LogP contribution in [0.4, 0.5) is 15.0 Å². The fourth-order valence-corrected chi connectivity index (χ4v) is 5.73. The van der Waals surface area contributed by atoms with Crippen molar-refractivity contribution in [3.63, 3.8) is 0 Å². The molecule has 3 atom stereocenters. The van der Waals surface area contributed by atoms with Gasteiger partial charge in [0.05, 0.1) is 17.7 Å². The molecule has 2 aliphatic rings. The predicted octanol–water partition coefficient (Wildman–Crippen LogP) is 4.99. The van der Waals surface area contributed by atoms with Gasteiger partial charge in [0.2, 0.25) is 0 Å². The molecule has 2 aromatic heterocycles. The summed E-state index contributed by atoms with van der Waals surface area (Å²) < 4.78 is 13.1. The number of rotatable bonds is 6. The average molecular weight is 453 g/mol. The van der Waals surface area contributed by atoms with E-state index in [0.29, 0.717) is 30.8 Å². The fourth-order valence-electron chi connectivity index (χ4n) is 5.18. The summed E-state index contributed by atoms with van der Waals surface area (Å²) >= 11 is 1.49. The molecule has 0 radical (unpaired) electrons. The zero-order chi connectivity index (χ0) is 22.1. The summed E-state index contributed by atoms with van der Waals surface area (Å²) in [5.41, 5.74) is 4.48. The maximum atomic E-state index is 13.1. The van der Waals surface area contributed by atoms with Crippen LogP contribution in [0.5, 0.6) is 0 Å². The number of anilines is 1. The van der Waals surface area contributed by atoms with Crippen LogP contribution in [0.3, 0.4) is 0 Å². The van der Waals surface area contributed by atoms with E-state index >= 15 is 0 Å². The first-order valence-electron chi connectivity index (χ1n) is 10.9. The van der Waals surface area contributed by atoms with Crippen molar-refractivity contribution < 1.29 is 14.3 Å². The van der Waals surface area contributed by atoms with E-state index in [4.69, 9.17) is 0 Å². The Morgan fingerprint density at radius 2 is 1.81 bits per heavy atom. The zero-order valence-electron chi connectivity index (χ0n) is 17.6. The van der Waals surface area contributed by atoms with Crippen LogP contribution in [0, 0.1) is 23.6 Å². The van der Waals surface area contributed by atoms with Gasteiger partial charge in [0.15, 0.2) is 0 Å². The lowest BCUT2D eigenvalue weighted by molar-refractivity contribution is 0.132. The standard InChI is InChI=1S/C24H25FN4O2S/c25-21-4-1-17(2-5-21)18-3-6-23(26-9-18)28-11-19-7-16(8-20(19)12-28)10-29(24(30)31)13-22-14-32-15-27-22/h1-6,9,14-16,19-20H,7-8,10-13H2,(H,30,31)/t16?,19-,20+. The Bertz CT molecular complexity index is 1040. The first kappa shape index (κ1) is 20.9. The van der Waals surface area contributed by atoms with Gasteiger partial charge in [-0.1, -0.05) is 12.1 Å². The lowest BCUT2D eigenvalue weighted by Crippen LogP contribution is -2.34. The summed E-state index contributed by atoms with van der Waals surface area (Å²) in [6.07, 6.45) is 3.08. The second kappa shape index (κ2) is 8.86. The molecular formula is C24H25FN4O2S. The normalized spacial score (nSPS) is 22.2. The van der Waals surface area contributed by atoms with Crippen LogP contribution in [0.1, 0.15) is 18.5 Å². The lowest BCUT2D eigenvalue weighted by Gasteiger charge is -2.24. The Hall–Kier alpha value is -3.00. The average Bonchev–Trinajstić information content (AvgIpc) is 3.51. The quantitative estimate of drug-likeness (QED) is 0.571. The van der Waals surface area contributed by atoms with Gasteiger partial charge < -0.3 is 14.9 Å². The van der Waals surface area contributed by atoms with Gasteiger partial charge >= 0.3 is 6.09 Å². The molecule has 3 heterocycles. The van der Waals surface area contributed by atoms with E-state index in [0.717, 1.165) is 48.6 Å². The molecule has 0 bridgehead atoms. The Labute approximate surface area is 190 Å². The summed E-state index contributed by atoms with van der Waals surface area (Å²) in [7, 11) is 0. The number of aromatic nitrogens is 2. The number of benzene rings is 1. The maximum Gasteiger partial charge on any atom is 0.407 e. The van der Waals surface area contributed by atoms with Crippen molar-refractivity contribution in [3.8, 4) is 11.1 Å². The van der Waals surface area contributed by atoms with E-state index in [9.17, 15) is 14.3 Å². The molecule has 1 aliphatic carbocycles. The predicted molar refractivity (Wildman–Crippen MR) is 122 cm³/mol. The number of amides is 1. The Morgan fingerprint density at radius 1 is 1.09 bits per heavy atom. The number of thiazole rings is 1. The first-order valence-corrected chi connectivity index (χ1v) is 11.8. The summed E-state index contributed by atoms with van der Waals surface area (Å²) in [6.45, 7) is 2.86. The minimum absolute atomic E-state index is 0.241. The van der Waals surface area contributed by atoms with E-state index < -0.39 is 6.09 Å². The SMILES string of the molecule is O=C(O)N(Cc1cscn1)CC1C[C@@H]2CN(c3ccc(-c4ccc(F)cc4)cn3)C[C@@H]2C1. The van der Waals surface area contributed by atoms with Gasteiger partial charge in [-0.25, -0.2) is 19.2 Å². The van der Waals surface area contributed by atoms with Crippen LogP contribution in [0.15, 0.2) is 53.5 Å². The number of carbonyl (C=O) groups is 1. The van der Waals surface area contributed by atoms with Crippen LogP contribution in [0.2, 0.25) is 0 Å². The van der Waals surface area contributed by atoms with Crippen molar-refractivity contribution in [2.45, 2.75) is 19.4 Å². The molecule has 8 heteroatoms. The zero-order valence-corrected chi connectivity index (χ0v) is 18.4. The number of hydrogen-bond donors (Lipinski definition) is 1. The molecular weight excluding hydrogens is 427 g/mol. The highest BCUT2D eigenvalue weighted by molar-refractivity contribution is 7.07. The van der Waals surface area contributed by atoms with E-state index in [2.05, 4.69) is 14.9 Å². The molecule has 1 saturated heterocycles. The lowest BCUT2D eigenvalue weighted by atomic mass is 10.0. The highest BCUT2D eigenvalue weighted by Gasteiger charge is 2.42. The van der Waals surface area contributed by atoms with E-state index in [1.54, 1.807) is 17.6 Å². The monoisotopic (exact) mass is 452 g/mol. The number of halogens is 1. The second-order valence-electron chi connectivity index (χ2n) is 8.82. The van der Waals surface area contributed by atoms with Gasteiger partial charge in [-0.15, -0.1) is 11.3 Å². The third kappa shape index (κ3) is 4.46. The van der Waals surface area contributed by atoms with E-state index in [-0.39, 0.29) is 5.82 Å². The van der Waals surface area contributed by atoms with Crippen LogP contribution in [0.25, 0.3) is 11.1 Å². The molecule has 166 valence electrons. The van der Waals surface area contributed by atoms with Crippen molar-refractivity contribution in [2.75, 3.05) is 24.5 Å². The van der Waals surface area contributed by atoms with Gasteiger partial charge in [0, 0.05) is 36.8 Å². The van der Waals surface area contributed by atoms with Gasteiger partial charge in [-0.05, 0) is 60.4 Å². The topological polar surface area (TPSA) is 69.6 Å². The molecule has 1 aromatic carbocycles. The molecule has 1 saturated carbocycles. The third-order valence-electron chi connectivity index (χ3n) is 6.68. The summed E-state index contributed by atoms with van der Waals surface area (Å²) in [6, 6.07) is 10.5.